The van der Waals surface area contributed by atoms with E-state index in [9.17, 15) is 4.79 Å². The molecule has 2 aromatic heterocycles. The quantitative estimate of drug-likeness (QED) is 0.646. The molecule has 0 saturated carbocycles. The van der Waals surface area contributed by atoms with E-state index in [1.807, 2.05) is 24.4 Å². The third-order valence-electron chi connectivity index (χ3n) is 3.16. The van der Waals surface area contributed by atoms with Crippen LogP contribution in [0.25, 0.3) is 11.3 Å². The fourth-order valence-electron chi connectivity index (χ4n) is 1.94. The van der Waals surface area contributed by atoms with Crippen molar-refractivity contribution in [2.75, 3.05) is 11.1 Å². The number of carbonyl (C=O) groups excluding carboxylic acids is 1. The lowest BCUT2D eigenvalue weighted by Gasteiger charge is -2.00. The van der Waals surface area contributed by atoms with E-state index < -0.39 is 0 Å². The molecule has 1 aromatic carbocycles. The summed E-state index contributed by atoms with van der Waals surface area (Å²) in [6.45, 7) is 3.97. The number of amides is 1. The normalized spacial score (nSPS) is 10.8. The highest BCUT2D eigenvalue weighted by Crippen LogP contribution is 2.26. The fourth-order valence-corrected chi connectivity index (χ4v) is 4.50. The van der Waals surface area contributed by atoms with Crippen LogP contribution in [0.4, 0.5) is 5.13 Å². The average Bonchev–Trinajstić information content (AvgIpc) is 3.17. The van der Waals surface area contributed by atoms with Crippen LogP contribution < -0.4 is 5.32 Å². The lowest BCUT2D eigenvalue weighted by Crippen LogP contribution is -2.11. The number of hydrogen-bond donors (Lipinski definition) is 1. The van der Waals surface area contributed by atoms with Crippen LogP contribution in [0.1, 0.15) is 17.0 Å². The van der Waals surface area contributed by atoms with Gasteiger partial charge in [-0.3, -0.25) is 4.79 Å². The Morgan fingerprint density at radius 3 is 2.71 bits per heavy atom. The van der Waals surface area contributed by atoms with Crippen LogP contribution in [0.2, 0.25) is 0 Å². The molecule has 0 aliphatic carbocycles. The number of aromatic nitrogens is 3. The lowest BCUT2D eigenvalue weighted by atomic mass is 10.1. The second kappa shape index (κ2) is 7.87. The molecule has 2 heterocycles. The van der Waals surface area contributed by atoms with Crippen molar-refractivity contribution >= 4 is 45.5 Å². The lowest BCUT2D eigenvalue weighted by molar-refractivity contribution is -0.115. The molecule has 0 bridgehead atoms. The summed E-state index contributed by atoms with van der Waals surface area (Å²) in [5.41, 5.74) is 3.15. The Bertz CT molecular complexity index is 826. The SMILES string of the molecule is Cc1ccc(-c2csc(NC(=O)CCSc3nnc(C)s3)n2)cc1. The molecule has 3 aromatic rings. The molecule has 0 spiro atoms. The highest BCUT2D eigenvalue weighted by atomic mass is 32.2. The molecule has 0 aliphatic rings. The number of nitrogens with one attached hydrogen (secondary N) is 1. The minimum absolute atomic E-state index is 0.0338. The van der Waals surface area contributed by atoms with Gasteiger partial charge in [0.15, 0.2) is 9.47 Å². The van der Waals surface area contributed by atoms with Gasteiger partial charge in [-0.05, 0) is 13.8 Å². The summed E-state index contributed by atoms with van der Waals surface area (Å²) in [6, 6.07) is 8.19. The first-order chi connectivity index (χ1) is 11.6. The van der Waals surface area contributed by atoms with Crippen molar-refractivity contribution in [1.29, 1.82) is 0 Å². The van der Waals surface area contributed by atoms with Gasteiger partial charge in [0.2, 0.25) is 5.91 Å². The van der Waals surface area contributed by atoms with E-state index in [1.54, 1.807) is 23.1 Å². The summed E-state index contributed by atoms with van der Waals surface area (Å²) in [7, 11) is 0. The monoisotopic (exact) mass is 376 g/mol. The minimum atomic E-state index is -0.0338. The maximum Gasteiger partial charge on any atom is 0.226 e. The summed E-state index contributed by atoms with van der Waals surface area (Å²) < 4.78 is 0.899. The van der Waals surface area contributed by atoms with Gasteiger partial charge in [-0.25, -0.2) is 4.98 Å². The van der Waals surface area contributed by atoms with Crippen molar-refractivity contribution in [3.05, 3.63) is 40.2 Å². The zero-order valence-electron chi connectivity index (χ0n) is 13.3. The van der Waals surface area contributed by atoms with Crippen LogP contribution in [0.5, 0.6) is 0 Å². The molecule has 0 unspecified atom stereocenters. The first-order valence-electron chi connectivity index (χ1n) is 7.35. The second-order valence-corrected chi connectivity index (χ2v) is 8.52. The standard InChI is InChI=1S/C16H16N4OS3/c1-10-3-5-12(6-4-10)13-9-23-15(17-13)18-14(21)7-8-22-16-20-19-11(2)24-16/h3-6,9H,7-8H2,1-2H3,(H,17,18,21). The predicted molar refractivity (Wildman–Crippen MR) is 101 cm³/mol. The molecule has 124 valence electrons. The van der Waals surface area contributed by atoms with Gasteiger partial charge < -0.3 is 5.32 Å². The Morgan fingerprint density at radius 2 is 2.00 bits per heavy atom. The number of rotatable bonds is 6. The van der Waals surface area contributed by atoms with Crippen molar-refractivity contribution in [3.8, 4) is 11.3 Å². The first kappa shape index (κ1) is 17.1. The zero-order valence-corrected chi connectivity index (χ0v) is 15.7. The maximum absolute atomic E-state index is 12.0. The maximum atomic E-state index is 12.0. The summed E-state index contributed by atoms with van der Waals surface area (Å²) in [4.78, 5) is 16.5. The Kier molecular flexibility index (Phi) is 5.60. The van der Waals surface area contributed by atoms with E-state index in [2.05, 4.69) is 39.6 Å². The number of aryl methyl sites for hydroxylation is 2. The van der Waals surface area contributed by atoms with Crippen LogP contribution in [-0.4, -0.2) is 26.8 Å². The van der Waals surface area contributed by atoms with Gasteiger partial charge in [0.05, 0.1) is 5.69 Å². The van der Waals surface area contributed by atoms with Crippen LogP contribution in [0.15, 0.2) is 34.0 Å². The molecule has 3 rings (SSSR count). The van der Waals surface area contributed by atoms with Crippen LogP contribution >= 0.6 is 34.4 Å². The van der Waals surface area contributed by atoms with Crippen LogP contribution in [-0.2, 0) is 4.79 Å². The highest BCUT2D eigenvalue weighted by Gasteiger charge is 2.09. The van der Waals surface area contributed by atoms with Gasteiger partial charge in [-0.15, -0.1) is 21.5 Å². The molecular formula is C16H16N4OS3. The summed E-state index contributed by atoms with van der Waals surface area (Å²) in [6.07, 6.45) is 0.419. The van der Waals surface area contributed by atoms with Gasteiger partial charge >= 0.3 is 0 Å². The average molecular weight is 377 g/mol. The molecule has 1 amide bonds. The Morgan fingerprint density at radius 1 is 1.21 bits per heavy atom. The van der Waals surface area contributed by atoms with E-state index in [4.69, 9.17) is 0 Å². The first-order valence-corrected chi connectivity index (χ1v) is 10.0. The van der Waals surface area contributed by atoms with E-state index in [1.165, 1.54) is 16.9 Å². The summed E-state index contributed by atoms with van der Waals surface area (Å²) in [5, 5.41) is 14.4. The Balaban J connectivity index is 1.50. The third kappa shape index (κ3) is 4.62. The van der Waals surface area contributed by atoms with Gasteiger partial charge in [0.25, 0.3) is 0 Å². The van der Waals surface area contributed by atoms with Crippen LogP contribution in [0, 0.1) is 13.8 Å². The third-order valence-corrected chi connectivity index (χ3v) is 5.89. The van der Waals surface area contributed by atoms with E-state index in [-0.39, 0.29) is 5.91 Å². The van der Waals surface area contributed by atoms with Gasteiger partial charge in [-0.2, -0.15) is 0 Å². The molecule has 8 heteroatoms. The van der Waals surface area contributed by atoms with Crippen molar-refractivity contribution in [3.63, 3.8) is 0 Å². The fraction of sp³-hybridized carbons (Fsp3) is 0.250. The number of nitrogens with zero attached hydrogens (tertiary/aromatic N) is 3. The molecule has 0 radical (unpaired) electrons. The van der Waals surface area contributed by atoms with E-state index >= 15 is 0 Å². The van der Waals surface area contributed by atoms with E-state index in [0.29, 0.717) is 17.3 Å². The largest absolute Gasteiger partial charge is 0.302 e. The molecule has 5 nitrogen and oxygen atoms in total. The predicted octanol–water partition coefficient (Wildman–Crippen LogP) is 4.40. The molecule has 0 saturated heterocycles. The van der Waals surface area contributed by atoms with Crippen LogP contribution in [0.3, 0.4) is 0 Å². The van der Waals surface area contributed by atoms with Gasteiger partial charge in [0.1, 0.15) is 5.01 Å². The highest BCUT2D eigenvalue weighted by molar-refractivity contribution is 8.01. The number of benzene rings is 1. The molecule has 1 N–H and O–H groups in total. The topological polar surface area (TPSA) is 67.8 Å². The second-order valence-electron chi connectivity index (χ2n) is 5.14. The van der Waals surface area contributed by atoms with E-state index in [0.717, 1.165) is 20.6 Å². The number of hydrogen-bond acceptors (Lipinski definition) is 7. The minimum Gasteiger partial charge on any atom is -0.302 e. The summed E-state index contributed by atoms with van der Waals surface area (Å²) >= 11 is 4.53. The molecule has 0 aliphatic heterocycles. The smallest absolute Gasteiger partial charge is 0.226 e. The van der Waals surface area contributed by atoms with Crippen molar-refractivity contribution < 1.29 is 4.79 Å². The molecule has 0 atom stereocenters. The molecule has 0 fully saturated rings. The van der Waals surface area contributed by atoms with Crippen molar-refractivity contribution in [2.24, 2.45) is 0 Å². The Labute approximate surface area is 152 Å². The van der Waals surface area contributed by atoms with Gasteiger partial charge in [0, 0.05) is 23.1 Å². The zero-order chi connectivity index (χ0) is 16.9. The van der Waals surface area contributed by atoms with Crippen molar-refractivity contribution in [1.82, 2.24) is 15.2 Å². The summed E-state index contributed by atoms with van der Waals surface area (Å²) in [5.74, 6) is 0.643. The van der Waals surface area contributed by atoms with Crippen molar-refractivity contribution in [2.45, 2.75) is 24.6 Å². The number of thioether (sulfide) groups is 1. The number of thiazole rings is 1. The van der Waals surface area contributed by atoms with Gasteiger partial charge in [-0.1, -0.05) is 52.9 Å². The molecule has 24 heavy (non-hydrogen) atoms. The number of anilines is 1. The molecular weight excluding hydrogens is 360 g/mol. The Hall–Kier alpha value is -1.77. The number of carbonyl (C=O) groups is 1.